The van der Waals surface area contributed by atoms with Gasteiger partial charge in [0.05, 0.1) is 11.9 Å². The van der Waals surface area contributed by atoms with Crippen molar-refractivity contribution in [3.63, 3.8) is 0 Å². The van der Waals surface area contributed by atoms with Crippen LogP contribution in [-0.4, -0.2) is 58.9 Å². The molecule has 31 heavy (non-hydrogen) atoms. The quantitative estimate of drug-likeness (QED) is 0.739. The van der Waals surface area contributed by atoms with Crippen LogP contribution in [0.15, 0.2) is 30.5 Å². The van der Waals surface area contributed by atoms with Gasteiger partial charge in [0.1, 0.15) is 5.82 Å². The number of H-pyrrole nitrogens is 1. The Labute approximate surface area is 187 Å². The third kappa shape index (κ3) is 5.03. The fraction of sp³-hybridized carbons (Fsp3) is 0.615. The molecule has 1 atom stereocenters. The third-order valence-corrected chi connectivity index (χ3v) is 7.18. The number of carbonyl (C=O) groups excluding carboxylic acids is 1. The molecule has 1 saturated heterocycles. The lowest BCUT2D eigenvalue weighted by molar-refractivity contribution is 0.0664. The van der Waals surface area contributed by atoms with Crippen molar-refractivity contribution in [3.05, 3.63) is 41.9 Å². The summed E-state index contributed by atoms with van der Waals surface area (Å²) in [4.78, 5) is 25.5. The Kier molecular flexibility index (Phi) is 6.52. The monoisotopic (exact) mass is 422 g/mol. The number of hydrogen-bond donors (Lipinski definition) is 1. The second-order valence-electron chi connectivity index (χ2n) is 10.6. The number of rotatable bonds is 4. The van der Waals surface area contributed by atoms with Crippen LogP contribution < -0.4 is 0 Å². The molecule has 1 aliphatic heterocycles. The van der Waals surface area contributed by atoms with E-state index >= 15 is 0 Å². The minimum atomic E-state index is 0.134. The van der Waals surface area contributed by atoms with Gasteiger partial charge in [-0.1, -0.05) is 52.2 Å². The molecule has 2 heterocycles. The van der Waals surface area contributed by atoms with Crippen molar-refractivity contribution < 1.29 is 4.79 Å². The highest BCUT2D eigenvalue weighted by Crippen LogP contribution is 2.45. The number of benzene rings is 1. The van der Waals surface area contributed by atoms with Crippen LogP contribution in [0.4, 0.5) is 0 Å². The number of nitrogens with one attached hydrogen (secondary N) is 1. The Morgan fingerprint density at radius 2 is 1.68 bits per heavy atom. The predicted octanol–water partition coefficient (Wildman–Crippen LogP) is 5.17. The molecule has 1 unspecified atom stereocenters. The maximum absolute atomic E-state index is 12.8. The number of imidazole rings is 1. The van der Waals surface area contributed by atoms with Crippen molar-refractivity contribution in [1.29, 1.82) is 0 Å². The van der Waals surface area contributed by atoms with E-state index in [0.29, 0.717) is 11.8 Å². The second kappa shape index (κ2) is 9.15. The van der Waals surface area contributed by atoms with Gasteiger partial charge < -0.3 is 14.8 Å². The SMILES string of the molecule is CN1CCN(C(=O)c2ccc(-c3cnc(C(C4CCCCC4)C(C)(C)C)[nH]3)cc2)CC1. The highest BCUT2D eigenvalue weighted by atomic mass is 16.2. The van der Waals surface area contributed by atoms with Crippen molar-refractivity contribution in [2.24, 2.45) is 11.3 Å². The van der Waals surface area contributed by atoms with E-state index in [1.807, 2.05) is 35.4 Å². The molecule has 1 aromatic carbocycles. The predicted molar refractivity (Wildman–Crippen MR) is 126 cm³/mol. The zero-order chi connectivity index (χ0) is 22.0. The number of piperazine rings is 1. The largest absolute Gasteiger partial charge is 0.342 e. The zero-order valence-corrected chi connectivity index (χ0v) is 19.7. The molecule has 4 rings (SSSR count). The van der Waals surface area contributed by atoms with Crippen LogP contribution in [0, 0.1) is 11.3 Å². The first-order valence-electron chi connectivity index (χ1n) is 12.0. The van der Waals surface area contributed by atoms with E-state index in [4.69, 9.17) is 4.98 Å². The van der Waals surface area contributed by atoms with Gasteiger partial charge in [0.15, 0.2) is 0 Å². The molecule has 1 N–H and O–H groups in total. The molecule has 0 radical (unpaired) electrons. The van der Waals surface area contributed by atoms with E-state index in [9.17, 15) is 4.79 Å². The summed E-state index contributed by atoms with van der Waals surface area (Å²) in [5.74, 6) is 2.40. The van der Waals surface area contributed by atoms with Gasteiger partial charge in [-0.2, -0.15) is 0 Å². The van der Waals surface area contributed by atoms with Crippen molar-refractivity contribution in [2.45, 2.75) is 58.8 Å². The van der Waals surface area contributed by atoms with E-state index in [0.717, 1.165) is 48.8 Å². The van der Waals surface area contributed by atoms with Crippen LogP contribution >= 0.6 is 0 Å². The zero-order valence-electron chi connectivity index (χ0n) is 19.7. The lowest BCUT2D eigenvalue weighted by Crippen LogP contribution is -2.47. The van der Waals surface area contributed by atoms with E-state index < -0.39 is 0 Å². The summed E-state index contributed by atoms with van der Waals surface area (Å²) in [6.07, 6.45) is 8.63. The average Bonchev–Trinajstić information content (AvgIpc) is 3.23. The smallest absolute Gasteiger partial charge is 0.253 e. The van der Waals surface area contributed by atoms with Gasteiger partial charge in [-0.3, -0.25) is 4.79 Å². The summed E-state index contributed by atoms with van der Waals surface area (Å²) in [5, 5.41) is 0. The number of hydrogen-bond acceptors (Lipinski definition) is 3. The van der Waals surface area contributed by atoms with Gasteiger partial charge in [-0.05, 0) is 48.9 Å². The molecule has 0 spiro atoms. The van der Waals surface area contributed by atoms with Crippen LogP contribution in [0.25, 0.3) is 11.3 Å². The summed E-state index contributed by atoms with van der Waals surface area (Å²) in [7, 11) is 2.10. The Bertz CT molecular complexity index is 866. The van der Waals surface area contributed by atoms with Crippen LogP contribution in [0.3, 0.4) is 0 Å². The number of likely N-dealkylation sites (N-methyl/N-ethyl adjacent to an activating group) is 1. The summed E-state index contributed by atoms with van der Waals surface area (Å²) in [6.45, 7) is 10.5. The van der Waals surface area contributed by atoms with Crippen LogP contribution in [0.1, 0.15) is 75.0 Å². The van der Waals surface area contributed by atoms with E-state index in [2.05, 4.69) is 37.7 Å². The van der Waals surface area contributed by atoms with Crippen molar-refractivity contribution >= 4 is 5.91 Å². The second-order valence-corrected chi connectivity index (χ2v) is 10.6. The lowest BCUT2D eigenvalue weighted by atomic mass is 9.68. The summed E-state index contributed by atoms with van der Waals surface area (Å²) < 4.78 is 0. The normalized spacial score (nSPS) is 20.1. The number of carbonyl (C=O) groups is 1. The van der Waals surface area contributed by atoms with E-state index in [-0.39, 0.29) is 11.3 Å². The van der Waals surface area contributed by atoms with Crippen LogP contribution in [0.2, 0.25) is 0 Å². The Morgan fingerprint density at radius 1 is 1.03 bits per heavy atom. The first kappa shape index (κ1) is 22.1. The number of nitrogens with zero attached hydrogens (tertiary/aromatic N) is 3. The highest BCUT2D eigenvalue weighted by molar-refractivity contribution is 5.94. The van der Waals surface area contributed by atoms with Crippen LogP contribution in [-0.2, 0) is 0 Å². The van der Waals surface area contributed by atoms with Crippen molar-refractivity contribution in [3.8, 4) is 11.3 Å². The minimum Gasteiger partial charge on any atom is -0.342 e. The third-order valence-electron chi connectivity index (χ3n) is 7.18. The molecule has 5 nitrogen and oxygen atoms in total. The lowest BCUT2D eigenvalue weighted by Gasteiger charge is -2.38. The maximum atomic E-state index is 12.8. The van der Waals surface area contributed by atoms with Crippen LogP contribution in [0.5, 0.6) is 0 Å². The Balaban J connectivity index is 1.50. The van der Waals surface area contributed by atoms with Gasteiger partial charge in [0.25, 0.3) is 5.91 Å². The first-order chi connectivity index (χ1) is 14.8. The van der Waals surface area contributed by atoms with Gasteiger partial charge in [-0.15, -0.1) is 0 Å². The molecule has 1 saturated carbocycles. The summed E-state index contributed by atoms with van der Waals surface area (Å²) in [5.41, 5.74) is 3.07. The Hall–Kier alpha value is -2.14. The number of aromatic nitrogens is 2. The molecule has 0 bridgehead atoms. The average molecular weight is 423 g/mol. The molecule has 2 aliphatic rings. The first-order valence-corrected chi connectivity index (χ1v) is 12.0. The van der Waals surface area contributed by atoms with Gasteiger partial charge >= 0.3 is 0 Å². The minimum absolute atomic E-state index is 0.134. The number of amides is 1. The molecule has 2 fully saturated rings. The standard InChI is InChI=1S/C26H38N4O/c1-26(2,3)23(20-8-6-5-7-9-20)24-27-18-22(28-24)19-10-12-21(13-11-19)25(31)30-16-14-29(4)15-17-30/h10-13,18,20,23H,5-9,14-17H2,1-4H3,(H,27,28). The molecule has 168 valence electrons. The van der Waals surface area contributed by atoms with E-state index in [1.54, 1.807) is 0 Å². The molecule has 1 aromatic heterocycles. The molecule has 2 aromatic rings. The highest BCUT2D eigenvalue weighted by Gasteiger charge is 2.36. The van der Waals surface area contributed by atoms with E-state index in [1.165, 1.54) is 32.1 Å². The molecular weight excluding hydrogens is 384 g/mol. The summed E-state index contributed by atoms with van der Waals surface area (Å²) in [6, 6.07) is 8.01. The molecule has 1 amide bonds. The van der Waals surface area contributed by atoms with Gasteiger partial charge in [-0.25, -0.2) is 4.98 Å². The topological polar surface area (TPSA) is 52.2 Å². The molecular formula is C26H38N4O. The fourth-order valence-corrected chi connectivity index (χ4v) is 5.43. The van der Waals surface area contributed by atoms with Gasteiger partial charge in [0, 0.05) is 37.7 Å². The van der Waals surface area contributed by atoms with Crippen molar-refractivity contribution in [1.82, 2.24) is 19.8 Å². The van der Waals surface area contributed by atoms with Crippen molar-refractivity contribution in [2.75, 3.05) is 33.2 Å². The maximum Gasteiger partial charge on any atom is 0.253 e. The summed E-state index contributed by atoms with van der Waals surface area (Å²) >= 11 is 0. The molecule has 5 heteroatoms. The molecule has 1 aliphatic carbocycles. The Morgan fingerprint density at radius 3 is 2.29 bits per heavy atom. The number of aromatic amines is 1. The fourth-order valence-electron chi connectivity index (χ4n) is 5.43. The van der Waals surface area contributed by atoms with Gasteiger partial charge in [0.2, 0.25) is 0 Å².